The van der Waals surface area contributed by atoms with E-state index in [1.807, 2.05) is 0 Å². The second-order valence-corrected chi connectivity index (χ2v) is 6.49. The van der Waals surface area contributed by atoms with Gasteiger partial charge in [0.25, 0.3) is 11.8 Å². The van der Waals surface area contributed by atoms with Gasteiger partial charge < -0.3 is 0 Å². The van der Waals surface area contributed by atoms with Crippen LogP contribution in [0.1, 0.15) is 48.0 Å². The molecule has 0 radical (unpaired) electrons. The topological polar surface area (TPSA) is 95.6 Å². The molecule has 0 bridgehead atoms. The Bertz CT molecular complexity index is 710. The van der Waals surface area contributed by atoms with E-state index in [1.165, 1.54) is 0 Å². The summed E-state index contributed by atoms with van der Waals surface area (Å²) in [5, 5.41) is 0. The Morgan fingerprint density at radius 2 is 1.76 bits per heavy atom. The quantitative estimate of drug-likeness (QED) is 0.631. The van der Waals surface area contributed by atoms with Crippen molar-refractivity contribution in [2.45, 2.75) is 38.5 Å². The number of hydrogen-bond acceptors (Lipinski definition) is 4. The van der Waals surface area contributed by atoms with Crippen molar-refractivity contribution >= 4 is 23.6 Å². The Hall–Kier alpha value is -2.70. The Balaban J connectivity index is 1.55. The fraction of sp³-hybridized carbons (Fsp3) is 0.444. The average molecular weight is 343 g/mol. The minimum absolute atomic E-state index is 0.0841. The van der Waals surface area contributed by atoms with Crippen molar-refractivity contribution in [3.63, 3.8) is 0 Å². The summed E-state index contributed by atoms with van der Waals surface area (Å²) in [7, 11) is 0. The van der Waals surface area contributed by atoms with Crippen molar-refractivity contribution < 1.29 is 19.2 Å². The van der Waals surface area contributed by atoms with Crippen molar-refractivity contribution in [2.24, 2.45) is 5.92 Å². The van der Waals surface area contributed by atoms with Gasteiger partial charge in [-0.1, -0.05) is 37.5 Å². The molecule has 1 aliphatic heterocycles. The number of nitrogens with one attached hydrogen (secondary N) is 2. The zero-order valence-corrected chi connectivity index (χ0v) is 13.9. The fourth-order valence-corrected chi connectivity index (χ4v) is 3.34. The van der Waals surface area contributed by atoms with Crippen molar-refractivity contribution in [2.75, 3.05) is 6.54 Å². The summed E-state index contributed by atoms with van der Waals surface area (Å²) in [4.78, 5) is 49.5. The van der Waals surface area contributed by atoms with Crippen LogP contribution in [0.4, 0.5) is 0 Å². The van der Waals surface area contributed by atoms with E-state index in [9.17, 15) is 19.2 Å². The number of benzene rings is 1. The molecule has 1 fully saturated rings. The van der Waals surface area contributed by atoms with E-state index in [4.69, 9.17) is 0 Å². The lowest BCUT2D eigenvalue weighted by atomic mass is 9.89. The lowest BCUT2D eigenvalue weighted by molar-refractivity contribution is -0.135. The molecule has 1 aromatic rings. The zero-order chi connectivity index (χ0) is 17.8. The normalized spacial score (nSPS) is 17.8. The summed E-state index contributed by atoms with van der Waals surface area (Å²) in [6.45, 7) is -0.406. The van der Waals surface area contributed by atoms with Gasteiger partial charge in [0.1, 0.15) is 6.54 Å². The van der Waals surface area contributed by atoms with Crippen molar-refractivity contribution in [3.05, 3.63) is 35.4 Å². The molecule has 132 valence electrons. The van der Waals surface area contributed by atoms with Gasteiger partial charge in [-0.25, -0.2) is 0 Å². The Labute approximate surface area is 145 Å². The molecule has 0 unspecified atom stereocenters. The number of rotatable bonds is 3. The summed E-state index contributed by atoms with van der Waals surface area (Å²) in [6.07, 6.45) is 4.90. The van der Waals surface area contributed by atoms with E-state index in [0.29, 0.717) is 11.1 Å². The first kappa shape index (κ1) is 17.1. The molecule has 2 aliphatic rings. The summed E-state index contributed by atoms with van der Waals surface area (Å²) in [6, 6.07) is 6.85. The molecule has 1 aromatic carbocycles. The third kappa shape index (κ3) is 3.87. The summed E-state index contributed by atoms with van der Waals surface area (Å²) < 4.78 is 0. The van der Waals surface area contributed by atoms with Crippen LogP contribution >= 0.6 is 0 Å². The lowest BCUT2D eigenvalue weighted by Gasteiger charge is -2.26. The molecule has 2 N–H and O–H groups in total. The lowest BCUT2D eigenvalue weighted by Crippen LogP contribution is -2.52. The molecular weight excluding hydrogens is 322 g/mol. The minimum atomic E-state index is -0.592. The number of hydrazine groups is 1. The molecule has 1 aliphatic carbocycles. The third-order valence-electron chi connectivity index (χ3n) is 4.74. The molecule has 0 spiro atoms. The van der Waals surface area contributed by atoms with Crippen molar-refractivity contribution in [1.29, 1.82) is 0 Å². The van der Waals surface area contributed by atoms with Crippen LogP contribution in [0.3, 0.4) is 0 Å². The number of amides is 4. The maximum absolute atomic E-state index is 12.4. The van der Waals surface area contributed by atoms with Crippen LogP contribution in [0.25, 0.3) is 0 Å². The summed E-state index contributed by atoms with van der Waals surface area (Å²) in [5.41, 5.74) is 5.81. The molecule has 7 nitrogen and oxygen atoms in total. The largest absolute Gasteiger partial charge is 0.274 e. The highest BCUT2D eigenvalue weighted by Gasteiger charge is 2.32. The fourth-order valence-electron chi connectivity index (χ4n) is 3.34. The van der Waals surface area contributed by atoms with Gasteiger partial charge in [-0.2, -0.15) is 0 Å². The second kappa shape index (κ2) is 7.46. The number of carbonyl (C=O) groups is 4. The van der Waals surface area contributed by atoms with Gasteiger partial charge in [0.15, 0.2) is 0 Å². The molecule has 25 heavy (non-hydrogen) atoms. The van der Waals surface area contributed by atoms with E-state index < -0.39 is 24.3 Å². The minimum Gasteiger partial charge on any atom is -0.274 e. The number of carbonyl (C=O) groups excluding carboxylic acids is 4. The van der Waals surface area contributed by atoms with E-state index >= 15 is 0 Å². The van der Waals surface area contributed by atoms with Gasteiger partial charge >= 0.3 is 0 Å². The van der Waals surface area contributed by atoms with Crippen molar-refractivity contribution in [1.82, 2.24) is 15.8 Å². The Morgan fingerprint density at radius 3 is 2.52 bits per heavy atom. The number of imide groups is 1. The van der Waals surface area contributed by atoms with Gasteiger partial charge in [0.05, 0.1) is 6.42 Å². The number of fused-ring (bicyclic) bond motifs is 1. The van der Waals surface area contributed by atoms with Crippen LogP contribution in [-0.4, -0.2) is 35.1 Å². The van der Waals surface area contributed by atoms with Gasteiger partial charge in [-0.05, 0) is 24.5 Å². The second-order valence-electron chi connectivity index (χ2n) is 6.49. The van der Waals surface area contributed by atoms with Gasteiger partial charge in [0, 0.05) is 11.5 Å². The van der Waals surface area contributed by atoms with Crippen LogP contribution < -0.4 is 10.9 Å². The average Bonchev–Trinajstić information content (AvgIpc) is 2.64. The van der Waals surface area contributed by atoms with E-state index in [-0.39, 0.29) is 18.2 Å². The van der Waals surface area contributed by atoms with E-state index in [1.54, 1.807) is 24.3 Å². The summed E-state index contributed by atoms with van der Waals surface area (Å²) in [5.74, 6) is -1.79. The first-order valence-corrected chi connectivity index (χ1v) is 8.57. The molecular formula is C18H21N3O4. The molecule has 0 aromatic heterocycles. The van der Waals surface area contributed by atoms with Crippen LogP contribution in [0.5, 0.6) is 0 Å². The van der Waals surface area contributed by atoms with Crippen molar-refractivity contribution in [3.8, 4) is 0 Å². The van der Waals surface area contributed by atoms with Crippen LogP contribution in [-0.2, 0) is 20.8 Å². The predicted molar refractivity (Wildman–Crippen MR) is 89.0 cm³/mol. The first-order valence-electron chi connectivity index (χ1n) is 8.57. The third-order valence-corrected chi connectivity index (χ3v) is 4.74. The van der Waals surface area contributed by atoms with E-state index in [2.05, 4.69) is 10.9 Å². The highest BCUT2D eigenvalue weighted by atomic mass is 16.2. The van der Waals surface area contributed by atoms with Crippen LogP contribution in [0, 0.1) is 5.92 Å². The molecule has 4 amide bonds. The molecule has 1 saturated carbocycles. The number of nitrogens with zero attached hydrogens (tertiary/aromatic N) is 1. The highest BCUT2D eigenvalue weighted by Crippen LogP contribution is 2.23. The van der Waals surface area contributed by atoms with E-state index in [0.717, 1.165) is 37.0 Å². The standard InChI is InChI=1S/C18H21N3O4/c22-15(19-20-17(24)12-6-2-1-3-7-12)11-21-16(23)10-13-8-4-5-9-14(13)18(21)25/h4-5,8-9,12H,1-3,6-7,10-11H2,(H,19,22)(H,20,24). The molecule has 0 atom stereocenters. The monoisotopic (exact) mass is 343 g/mol. The molecule has 7 heteroatoms. The first-order chi connectivity index (χ1) is 12.1. The highest BCUT2D eigenvalue weighted by molar-refractivity contribution is 6.11. The SMILES string of the molecule is O=C(CN1C(=O)Cc2ccccc2C1=O)NNC(=O)C1CCCCC1. The smallest absolute Gasteiger partial charge is 0.261 e. The molecule has 1 heterocycles. The predicted octanol–water partition coefficient (Wildman–Crippen LogP) is 0.939. The van der Waals surface area contributed by atoms with Crippen LogP contribution in [0.2, 0.25) is 0 Å². The maximum atomic E-state index is 12.4. The summed E-state index contributed by atoms with van der Waals surface area (Å²) >= 11 is 0. The maximum Gasteiger partial charge on any atom is 0.261 e. The Morgan fingerprint density at radius 1 is 1.04 bits per heavy atom. The van der Waals surface area contributed by atoms with Gasteiger partial charge in [-0.3, -0.25) is 34.9 Å². The number of hydrogen-bond donors (Lipinski definition) is 2. The molecule has 0 saturated heterocycles. The Kier molecular flexibility index (Phi) is 5.11. The van der Waals surface area contributed by atoms with Gasteiger partial charge in [-0.15, -0.1) is 0 Å². The molecule has 3 rings (SSSR count). The zero-order valence-electron chi connectivity index (χ0n) is 13.9. The van der Waals surface area contributed by atoms with Crippen LogP contribution in [0.15, 0.2) is 24.3 Å². The van der Waals surface area contributed by atoms with Gasteiger partial charge in [0.2, 0.25) is 11.8 Å².